The zero-order valence-electron chi connectivity index (χ0n) is 13.2. The predicted octanol–water partition coefficient (Wildman–Crippen LogP) is 7.34. The Kier molecular flexibility index (Phi) is 4.70. The molecule has 1 unspecified atom stereocenters. The van der Waals surface area contributed by atoms with Gasteiger partial charge >= 0.3 is 0 Å². The first kappa shape index (κ1) is 16.2. The van der Waals surface area contributed by atoms with Crippen LogP contribution in [0.1, 0.15) is 24.3 Å². The van der Waals surface area contributed by atoms with Gasteiger partial charge in [0.05, 0.1) is 0 Å². The molecule has 0 saturated heterocycles. The molecule has 0 aliphatic carbocycles. The van der Waals surface area contributed by atoms with Crippen LogP contribution in [-0.4, -0.2) is 0 Å². The van der Waals surface area contributed by atoms with E-state index in [9.17, 15) is 0 Å². The molecule has 1 atom stereocenters. The second-order valence-electron chi connectivity index (χ2n) is 5.52. The fraction of sp³-hybridized carbons (Fsp3) is 0.158. The van der Waals surface area contributed by atoms with Gasteiger partial charge in [0.2, 0.25) is 0 Å². The van der Waals surface area contributed by atoms with Gasteiger partial charge in [0.25, 0.3) is 0 Å². The minimum Gasteiger partial charge on any atom is -0.323 e. The van der Waals surface area contributed by atoms with Crippen LogP contribution in [-0.2, 0) is 0 Å². The standard InChI is InChI=1S/C19H17NS4/c1-2-12(20)13-5-6-16(22-13)17-9-10-19(24-17)18-8-7-15(23-18)14-4-3-11-21-14/h3-12H,2,20H2,1H3. The smallest absolute Gasteiger partial charge is 0.0449 e. The topological polar surface area (TPSA) is 26.0 Å². The molecule has 0 amide bonds. The summed E-state index contributed by atoms with van der Waals surface area (Å²) in [6.07, 6.45) is 0.982. The van der Waals surface area contributed by atoms with Gasteiger partial charge in [-0.05, 0) is 54.3 Å². The second kappa shape index (κ2) is 6.94. The lowest BCUT2D eigenvalue weighted by Gasteiger charge is -2.03. The van der Waals surface area contributed by atoms with E-state index >= 15 is 0 Å². The van der Waals surface area contributed by atoms with Crippen molar-refractivity contribution in [3.8, 4) is 29.3 Å². The average Bonchev–Trinajstić information content (AvgIpc) is 3.40. The molecule has 2 N–H and O–H groups in total. The minimum atomic E-state index is 0.161. The van der Waals surface area contributed by atoms with Crippen LogP contribution in [0.4, 0.5) is 0 Å². The van der Waals surface area contributed by atoms with Crippen molar-refractivity contribution in [2.75, 3.05) is 0 Å². The van der Waals surface area contributed by atoms with E-state index in [0.29, 0.717) is 0 Å². The number of hydrogen-bond acceptors (Lipinski definition) is 5. The monoisotopic (exact) mass is 387 g/mol. The third-order valence-corrected chi connectivity index (χ3v) is 8.74. The Balaban J connectivity index is 1.60. The van der Waals surface area contributed by atoms with Crippen LogP contribution >= 0.6 is 45.3 Å². The Labute approximate surface area is 158 Å². The molecule has 0 fully saturated rings. The van der Waals surface area contributed by atoms with E-state index in [2.05, 4.69) is 60.8 Å². The fourth-order valence-corrected chi connectivity index (χ4v) is 6.63. The summed E-state index contributed by atoms with van der Waals surface area (Å²) >= 11 is 7.35. The van der Waals surface area contributed by atoms with Crippen molar-refractivity contribution >= 4 is 45.3 Å². The third-order valence-electron chi connectivity index (χ3n) is 3.89. The predicted molar refractivity (Wildman–Crippen MR) is 111 cm³/mol. The van der Waals surface area contributed by atoms with E-state index in [-0.39, 0.29) is 6.04 Å². The van der Waals surface area contributed by atoms with Gasteiger partial charge in [-0.25, -0.2) is 0 Å². The molecule has 4 aromatic rings. The molecular weight excluding hydrogens is 370 g/mol. The van der Waals surface area contributed by atoms with Gasteiger partial charge in [-0.15, -0.1) is 45.3 Å². The Morgan fingerprint density at radius 1 is 0.750 bits per heavy atom. The number of hydrogen-bond donors (Lipinski definition) is 1. The van der Waals surface area contributed by atoms with Crippen molar-refractivity contribution in [1.82, 2.24) is 0 Å². The van der Waals surface area contributed by atoms with Crippen molar-refractivity contribution in [3.05, 3.63) is 58.8 Å². The summed E-state index contributed by atoms with van der Waals surface area (Å²) in [5.41, 5.74) is 6.15. The lowest BCUT2D eigenvalue weighted by molar-refractivity contribution is 0.712. The Hall–Kier alpha value is -1.24. The highest BCUT2D eigenvalue weighted by atomic mass is 32.1. The zero-order chi connectivity index (χ0) is 16.5. The van der Waals surface area contributed by atoms with E-state index in [1.807, 2.05) is 34.0 Å². The van der Waals surface area contributed by atoms with Crippen LogP contribution in [0, 0.1) is 0 Å². The first-order valence-electron chi connectivity index (χ1n) is 7.84. The maximum Gasteiger partial charge on any atom is 0.0449 e. The summed E-state index contributed by atoms with van der Waals surface area (Å²) in [6.45, 7) is 2.13. The molecule has 0 spiro atoms. The SMILES string of the molecule is CCC(N)c1ccc(-c2ccc(-c3ccc(-c4cccs4)s3)s2)s1. The average molecular weight is 388 g/mol. The summed E-state index contributed by atoms with van der Waals surface area (Å²) in [6, 6.07) is 17.8. The molecule has 1 nitrogen and oxygen atoms in total. The van der Waals surface area contributed by atoms with E-state index < -0.39 is 0 Å². The van der Waals surface area contributed by atoms with Gasteiger partial charge in [0.1, 0.15) is 0 Å². The molecule has 4 aromatic heterocycles. The maximum atomic E-state index is 6.15. The summed E-state index contributed by atoms with van der Waals surface area (Å²) < 4.78 is 0. The number of rotatable bonds is 5. The molecule has 5 heteroatoms. The van der Waals surface area contributed by atoms with Crippen molar-refractivity contribution in [2.24, 2.45) is 5.73 Å². The van der Waals surface area contributed by atoms with Gasteiger partial charge in [-0.1, -0.05) is 13.0 Å². The highest BCUT2D eigenvalue weighted by Gasteiger charge is 2.12. The van der Waals surface area contributed by atoms with Crippen molar-refractivity contribution in [1.29, 1.82) is 0 Å². The quantitative estimate of drug-likeness (QED) is 0.381. The molecule has 0 aliphatic heterocycles. The zero-order valence-corrected chi connectivity index (χ0v) is 16.5. The molecule has 122 valence electrons. The van der Waals surface area contributed by atoms with Crippen LogP contribution < -0.4 is 5.73 Å². The molecule has 0 bridgehead atoms. The number of nitrogens with two attached hydrogens (primary N) is 1. The molecule has 4 rings (SSSR count). The molecule has 0 aromatic carbocycles. The van der Waals surface area contributed by atoms with Crippen molar-refractivity contribution in [2.45, 2.75) is 19.4 Å². The Bertz CT molecular complexity index is 926. The summed E-state index contributed by atoms with van der Waals surface area (Å²) in [7, 11) is 0. The van der Waals surface area contributed by atoms with Crippen LogP contribution in [0.5, 0.6) is 0 Å². The van der Waals surface area contributed by atoms with Gasteiger partial charge in [-0.2, -0.15) is 0 Å². The van der Waals surface area contributed by atoms with Crippen LogP contribution in [0.2, 0.25) is 0 Å². The first-order chi connectivity index (χ1) is 11.7. The van der Waals surface area contributed by atoms with Crippen LogP contribution in [0.3, 0.4) is 0 Å². The fourth-order valence-electron chi connectivity index (χ4n) is 2.51. The normalized spacial score (nSPS) is 12.6. The molecule has 0 saturated carbocycles. The first-order valence-corrected chi connectivity index (χ1v) is 11.2. The van der Waals surface area contributed by atoms with Gasteiger partial charge in [0.15, 0.2) is 0 Å². The van der Waals surface area contributed by atoms with E-state index in [1.54, 1.807) is 11.3 Å². The summed E-state index contributed by atoms with van der Waals surface area (Å²) in [4.78, 5) is 9.31. The molecular formula is C19H17NS4. The minimum absolute atomic E-state index is 0.161. The maximum absolute atomic E-state index is 6.15. The molecule has 0 radical (unpaired) electrons. The largest absolute Gasteiger partial charge is 0.323 e. The van der Waals surface area contributed by atoms with E-state index in [1.165, 1.54) is 34.1 Å². The van der Waals surface area contributed by atoms with Crippen LogP contribution in [0.25, 0.3) is 29.3 Å². The lowest BCUT2D eigenvalue weighted by Crippen LogP contribution is -2.05. The van der Waals surface area contributed by atoms with Gasteiger partial charge in [-0.3, -0.25) is 0 Å². The lowest BCUT2D eigenvalue weighted by atomic mass is 10.2. The highest BCUT2D eigenvalue weighted by molar-refractivity contribution is 7.28. The Morgan fingerprint density at radius 3 is 1.83 bits per heavy atom. The van der Waals surface area contributed by atoms with Gasteiger partial charge in [0, 0.05) is 40.2 Å². The van der Waals surface area contributed by atoms with Gasteiger partial charge < -0.3 is 5.73 Å². The third kappa shape index (κ3) is 3.15. The van der Waals surface area contributed by atoms with E-state index in [0.717, 1.165) is 6.42 Å². The summed E-state index contributed by atoms with van der Waals surface area (Å²) in [5.74, 6) is 0. The van der Waals surface area contributed by atoms with E-state index in [4.69, 9.17) is 5.73 Å². The molecule has 4 heterocycles. The highest BCUT2D eigenvalue weighted by Crippen LogP contribution is 2.42. The molecule has 0 aliphatic rings. The van der Waals surface area contributed by atoms with Crippen LogP contribution in [0.15, 0.2) is 53.9 Å². The molecule has 24 heavy (non-hydrogen) atoms. The van der Waals surface area contributed by atoms with Crippen molar-refractivity contribution in [3.63, 3.8) is 0 Å². The number of thiophene rings is 4. The van der Waals surface area contributed by atoms with Crippen molar-refractivity contribution < 1.29 is 0 Å². The second-order valence-corrected chi connectivity index (χ2v) is 9.75. The summed E-state index contributed by atoms with van der Waals surface area (Å²) in [5, 5.41) is 2.13. The Morgan fingerprint density at radius 2 is 1.29 bits per heavy atom.